The molecule has 0 aromatic heterocycles. The molecule has 6 heteroatoms. The second-order valence-corrected chi connectivity index (χ2v) is 5.94. The van der Waals surface area contributed by atoms with Crippen molar-refractivity contribution in [3.05, 3.63) is 0 Å². The molecule has 0 unspecified atom stereocenters. The van der Waals surface area contributed by atoms with E-state index >= 15 is 0 Å². The minimum Gasteiger partial charge on any atom is -0.481 e. The van der Waals surface area contributed by atoms with E-state index in [0.717, 1.165) is 12.8 Å². The van der Waals surface area contributed by atoms with Gasteiger partial charge in [0.2, 0.25) is 0 Å². The molecule has 1 aliphatic carbocycles. The maximum absolute atomic E-state index is 11.7. The van der Waals surface area contributed by atoms with Gasteiger partial charge in [0.1, 0.15) is 0 Å². The second-order valence-electron chi connectivity index (χ2n) is 5.94. The molecule has 0 aromatic carbocycles. The highest BCUT2D eigenvalue weighted by Crippen LogP contribution is 2.20. The minimum atomic E-state index is -0.856. The maximum atomic E-state index is 11.7. The topological polar surface area (TPSA) is 87.7 Å². The van der Waals surface area contributed by atoms with Gasteiger partial charge in [0.05, 0.1) is 12.7 Å². The smallest absolute Gasteiger partial charge is 0.315 e. The van der Waals surface area contributed by atoms with E-state index in [2.05, 4.69) is 10.6 Å². The summed E-state index contributed by atoms with van der Waals surface area (Å²) < 4.78 is 5.64. The van der Waals surface area contributed by atoms with Crippen molar-refractivity contribution < 1.29 is 19.4 Å². The Hall–Kier alpha value is -1.30. The molecule has 1 aliphatic rings. The van der Waals surface area contributed by atoms with Gasteiger partial charge in [-0.05, 0) is 33.1 Å². The van der Waals surface area contributed by atoms with Crippen LogP contribution in [0.4, 0.5) is 4.79 Å². The number of amides is 2. The molecule has 0 aromatic rings. The van der Waals surface area contributed by atoms with Gasteiger partial charge in [-0.15, -0.1) is 0 Å². The number of carbonyl (C=O) groups excluding carboxylic acids is 1. The molecule has 1 saturated carbocycles. The summed E-state index contributed by atoms with van der Waals surface area (Å²) in [5.41, 5.74) is -0.533. The summed E-state index contributed by atoms with van der Waals surface area (Å²) in [6.07, 6.45) is 5.49. The molecule has 0 atom stereocenters. The molecule has 3 N–H and O–H groups in total. The summed E-state index contributed by atoms with van der Waals surface area (Å²) in [5, 5.41) is 14.1. The van der Waals surface area contributed by atoms with Crippen LogP contribution in [0.5, 0.6) is 0 Å². The summed E-state index contributed by atoms with van der Waals surface area (Å²) in [6, 6.07) is -0.282. The highest BCUT2D eigenvalue weighted by Gasteiger charge is 2.21. The molecule has 1 rings (SSSR count). The zero-order valence-electron chi connectivity index (χ0n) is 12.4. The number of nitrogens with one attached hydrogen (secondary N) is 2. The number of carboxylic acids is 1. The number of urea groups is 1. The van der Waals surface area contributed by atoms with Crippen LogP contribution in [-0.4, -0.2) is 41.9 Å². The maximum Gasteiger partial charge on any atom is 0.315 e. The van der Waals surface area contributed by atoms with Gasteiger partial charge in [-0.1, -0.05) is 12.8 Å². The zero-order chi connectivity index (χ0) is 15.0. The number of hydrogen-bond acceptors (Lipinski definition) is 3. The Labute approximate surface area is 120 Å². The molecular weight excluding hydrogens is 260 g/mol. The van der Waals surface area contributed by atoms with Crippen molar-refractivity contribution in [3.8, 4) is 0 Å². The molecule has 116 valence electrons. The van der Waals surface area contributed by atoms with Gasteiger partial charge < -0.3 is 20.5 Å². The lowest BCUT2D eigenvalue weighted by atomic mass is 9.99. The van der Waals surface area contributed by atoms with Crippen molar-refractivity contribution in [2.45, 2.75) is 64.0 Å². The van der Waals surface area contributed by atoms with E-state index in [1.807, 2.05) is 13.8 Å². The Kier molecular flexibility index (Phi) is 6.78. The van der Waals surface area contributed by atoms with Gasteiger partial charge in [0.15, 0.2) is 0 Å². The van der Waals surface area contributed by atoms with E-state index in [1.54, 1.807) is 0 Å². The van der Waals surface area contributed by atoms with Crippen LogP contribution in [-0.2, 0) is 9.53 Å². The lowest BCUT2D eigenvalue weighted by Gasteiger charge is -2.25. The van der Waals surface area contributed by atoms with Gasteiger partial charge in [-0.3, -0.25) is 4.79 Å². The fourth-order valence-corrected chi connectivity index (χ4v) is 2.28. The van der Waals surface area contributed by atoms with E-state index in [1.165, 1.54) is 12.8 Å². The third kappa shape index (κ3) is 7.33. The van der Waals surface area contributed by atoms with Crippen LogP contribution in [0.15, 0.2) is 0 Å². The quantitative estimate of drug-likeness (QED) is 0.595. The molecule has 0 aliphatic heterocycles. The van der Waals surface area contributed by atoms with E-state index in [9.17, 15) is 9.59 Å². The van der Waals surface area contributed by atoms with Gasteiger partial charge in [-0.25, -0.2) is 4.79 Å². The molecule has 1 fully saturated rings. The Morgan fingerprint density at radius 2 is 1.95 bits per heavy atom. The number of aliphatic carboxylic acids is 1. The van der Waals surface area contributed by atoms with Crippen molar-refractivity contribution in [2.24, 2.45) is 0 Å². The van der Waals surface area contributed by atoms with Crippen molar-refractivity contribution in [1.29, 1.82) is 0 Å². The molecule has 0 bridgehead atoms. The SMILES string of the molecule is CC(C)(CCC(=O)O)NC(=O)NCCOC1CCCC1. The van der Waals surface area contributed by atoms with Crippen LogP contribution in [0.2, 0.25) is 0 Å². The predicted octanol–water partition coefficient (Wildman–Crippen LogP) is 1.89. The molecule has 20 heavy (non-hydrogen) atoms. The normalized spacial score (nSPS) is 16.1. The predicted molar refractivity (Wildman–Crippen MR) is 75.7 cm³/mol. The summed E-state index contributed by atoms with van der Waals surface area (Å²) in [4.78, 5) is 22.2. The zero-order valence-corrected chi connectivity index (χ0v) is 12.4. The average molecular weight is 286 g/mol. The van der Waals surface area contributed by atoms with Crippen LogP contribution in [0.1, 0.15) is 52.4 Å². The number of carboxylic acid groups (broad SMARTS) is 1. The van der Waals surface area contributed by atoms with Crippen molar-refractivity contribution >= 4 is 12.0 Å². The molecule has 6 nitrogen and oxygen atoms in total. The van der Waals surface area contributed by atoms with E-state index in [-0.39, 0.29) is 12.5 Å². The average Bonchev–Trinajstić information content (AvgIpc) is 2.85. The third-order valence-corrected chi connectivity index (χ3v) is 3.46. The summed E-state index contributed by atoms with van der Waals surface area (Å²) in [6.45, 7) is 4.61. The lowest BCUT2D eigenvalue weighted by Crippen LogP contribution is -2.49. The molecular formula is C14H26N2O4. The van der Waals surface area contributed by atoms with E-state index in [0.29, 0.717) is 25.7 Å². The number of rotatable bonds is 8. The van der Waals surface area contributed by atoms with E-state index < -0.39 is 11.5 Å². The molecule has 0 saturated heterocycles. The first-order valence-electron chi connectivity index (χ1n) is 7.28. The Balaban J connectivity index is 2.10. The Morgan fingerprint density at radius 3 is 2.55 bits per heavy atom. The number of hydrogen-bond donors (Lipinski definition) is 3. The van der Waals surface area contributed by atoms with Crippen LogP contribution in [0.25, 0.3) is 0 Å². The first-order chi connectivity index (χ1) is 9.39. The van der Waals surface area contributed by atoms with E-state index in [4.69, 9.17) is 9.84 Å². The monoisotopic (exact) mass is 286 g/mol. The lowest BCUT2D eigenvalue weighted by molar-refractivity contribution is -0.137. The van der Waals surface area contributed by atoms with Crippen LogP contribution in [0, 0.1) is 0 Å². The van der Waals surface area contributed by atoms with Crippen molar-refractivity contribution in [3.63, 3.8) is 0 Å². The Bertz CT molecular complexity index is 325. The van der Waals surface area contributed by atoms with Gasteiger partial charge >= 0.3 is 12.0 Å². The van der Waals surface area contributed by atoms with Crippen LogP contribution >= 0.6 is 0 Å². The summed E-state index contributed by atoms with van der Waals surface area (Å²) >= 11 is 0. The first kappa shape index (κ1) is 16.8. The first-order valence-corrected chi connectivity index (χ1v) is 7.28. The molecule has 0 radical (unpaired) electrons. The molecule has 2 amide bonds. The highest BCUT2D eigenvalue weighted by atomic mass is 16.5. The standard InChI is InChI=1S/C14H26N2O4/c1-14(2,8-7-12(17)18)16-13(19)15-9-10-20-11-5-3-4-6-11/h11H,3-10H2,1-2H3,(H,17,18)(H2,15,16,19). The fourth-order valence-electron chi connectivity index (χ4n) is 2.28. The van der Waals surface area contributed by atoms with Crippen LogP contribution in [0.3, 0.4) is 0 Å². The van der Waals surface area contributed by atoms with Crippen LogP contribution < -0.4 is 10.6 Å². The largest absolute Gasteiger partial charge is 0.481 e. The second kappa shape index (κ2) is 8.09. The third-order valence-electron chi connectivity index (χ3n) is 3.46. The Morgan fingerprint density at radius 1 is 1.30 bits per heavy atom. The molecule has 0 spiro atoms. The fraction of sp³-hybridized carbons (Fsp3) is 0.857. The summed E-state index contributed by atoms with van der Waals surface area (Å²) in [7, 11) is 0. The molecule has 0 heterocycles. The number of carbonyl (C=O) groups is 2. The van der Waals surface area contributed by atoms with Crippen molar-refractivity contribution in [2.75, 3.05) is 13.2 Å². The van der Waals surface area contributed by atoms with Crippen molar-refractivity contribution in [1.82, 2.24) is 10.6 Å². The van der Waals surface area contributed by atoms with Gasteiger partial charge in [-0.2, -0.15) is 0 Å². The summed E-state index contributed by atoms with van der Waals surface area (Å²) in [5.74, 6) is -0.856. The van der Waals surface area contributed by atoms with Gasteiger partial charge in [0.25, 0.3) is 0 Å². The van der Waals surface area contributed by atoms with Gasteiger partial charge in [0, 0.05) is 18.5 Å². The minimum absolute atomic E-state index is 0.0398. The highest BCUT2D eigenvalue weighted by molar-refractivity contribution is 5.74. The number of ether oxygens (including phenoxy) is 1.